The largest absolute Gasteiger partial charge is 0.507 e. The zero-order valence-corrected chi connectivity index (χ0v) is 49.4. The predicted octanol–water partition coefficient (Wildman–Crippen LogP) is 9.40. The molecule has 3 unspecified atom stereocenters. The Balaban J connectivity index is 0.000000231. The van der Waals surface area contributed by atoms with Crippen molar-refractivity contribution in [3.05, 3.63) is 184 Å². The molecule has 0 aliphatic rings. The molecule has 0 amide bonds. The zero-order valence-electron chi connectivity index (χ0n) is 49.4. The molecule has 3 heterocycles. The van der Waals surface area contributed by atoms with Crippen molar-refractivity contribution >= 4 is 39.9 Å². The van der Waals surface area contributed by atoms with Gasteiger partial charge in [0.1, 0.15) is 17.4 Å². The van der Waals surface area contributed by atoms with Gasteiger partial charge in [0, 0.05) is 90.1 Å². The third-order valence-corrected chi connectivity index (χ3v) is 14.2. The summed E-state index contributed by atoms with van der Waals surface area (Å²) in [6.45, 7) is 19.5. The summed E-state index contributed by atoms with van der Waals surface area (Å²) in [5.74, 6) is 19.1. The molecule has 4 aromatic carbocycles. The molecule has 15 heteroatoms. The van der Waals surface area contributed by atoms with Crippen LogP contribution in [0.4, 0.5) is 11.6 Å². The van der Waals surface area contributed by atoms with E-state index in [2.05, 4.69) is 107 Å². The lowest BCUT2D eigenvalue weighted by molar-refractivity contribution is 0.0874. The smallest absolute Gasteiger partial charge is 0.162 e. The van der Waals surface area contributed by atoms with Gasteiger partial charge in [-0.25, -0.2) is 9.97 Å². The van der Waals surface area contributed by atoms with Crippen LogP contribution in [0, 0.1) is 35.5 Å². The van der Waals surface area contributed by atoms with Gasteiger partial charge >= 0.3 is 0 Å². The van der Waals surface area contributed by atoms with Gasteiger partial charge in [0.25, 0.3) is 0 Å². The third-order valence-electron chi connectivity index (χ3n) is 14.2. The molecule has 0 saturated heterocycles. The number of carbonyl (C=O) groups excluding carboxylic acids is 3. The maximum atomic E-state index is 12.4. The number of nitrogens with zero attached hydrogens (tertiary/aromatic N) is 5. The minimum Gasteiger partial charge on any atom is -0.507 e. The molecule has 3 aromatic heterocycles. The van der Waals surface area contributed by atoms with Gasteiger partial charge in [0.2, 0.25) is 0 Å². The Morgan fingerprint density at radius 1 is 0.488 bits per heavy atom. The molecule has 7 aromatic rings. The van der Waals surface area contributed by atoms with Gasteiger partial charge in [-0.15, -0.1) is 0 Å². The Morgan fingerprint density at radius 2 is 0.881 bits per heavy atom. The Morgan fingerprint density at radius 3 is 1.29 bits per heavy atom. The minimum absolute atomic E-state index is 0.0220. The van der Waals surface area contributed by atoms with Crippen LogP contribution in [-0.2, 0) is 0 Å². The maximum absolute atomic E-state index is 12.4. The second-order valence-corrected chi connectivity index (χ2v) is 20.1. The number of pyridine rings is 2. The molecule has 84 heavy (non-hydrogen) atoms. The van der Waals surface area contributed by atoms with E-state index in [1.165, 1.54) is 0 Å². The number of hydrogen-bond acceptors (Lipinski definition) is 14. The number of fused-ring (bicyclic) bond motifs is 1. The van der Waals surface area contributed by atoms with Crippen molar-refractivity contribution in [2.24, 2.45) is 0 Å². The quantitative estimate of drug-likeness (QED) is 0.0221. The lowest BCUT2D eigenvalue weighted by Crippen LogP contribution is -2.32. The number of anilines is 2. The maximum Gasteiger partial charge on any atom is 0.162 e. The number of aromatic nitrogens is 3. The van der Waals surface area contributed by atoms with Crippen LogP contribution in [0.3, 0.4) is 0 Å². The third kappa shape index (κ3) is 22.0. The van der Waals surface area contributed by atoms with E-state index in [4.69, 9.17) is 11.5 Å². The molecule has 440 valence electrons. The van der Waals surface area contributed by atoms with Gasteiger partial charge in [-0.2, -0.15) is 0 Å². The lowest BCUT2D eigenvalue weighted by atomic mass is 10.0. The average Bonchev–Trinajstić information content (AvgIpc) is 4.23. The first-order valence-corrected chi connectivity index (χ1v) is 28.9. The van der Waals surface area contributed by atoms with E-state index in [9.17, 15) is 34.8 Å². The molecular formula is C69H82N8O7. The van der Waals surface area contributed by atoms with Crippen LogP contribution >= 0.6 is 0 Å². The summed E-state index contributed by atoms with van der Waals surface area (Å²) in [7, 11) is 0. The summed E-state index contributed by atoms with van der Waals surface area (Å²) in [6.07, 6.45) is 6.06. The molecule has 0 radical (unpaired) electrons. The molecule has 0 spiro atoms. The number of carbonyl (C=O) groups is 3. The standard InChI is InChI=1S/C24H28N4O2.C23H27NO3.C22H27N3O2/c1-3-28(4-2)16-19(29)10-12-23(30)18-8-5-17(6-9-18)7-11-21-20-13-14-26-22(20)15-27-24(21)25;1-3-24(4-2)17-21(25)15-16-23(27)20-13-10-18(11-14-20)9-12-19-7-5-6-8-22(19)26;1-3-25(4-2)16-20(26)13-14-21(27)18-10-7-17(8-11-18)9-12-19-6-5-15-24-22(19)23/h5-6,8-9,13-15,19,26,29H,3-4,10,12,16H2,1-2H3,(H2,25,27);5-8,10-11,13-14,21,25-26H,3-4,15-17H2,1-2H3;5-8,10-11,15,20,26H,3-4,13-14,16H2,1-2H3,(H2,23,24). The fourth-order valence-electron chi connectivity index (χ4n) is 8.85. The van der Waals surface area contributed by atoms with E-state index < -0.39 is 18.3 Å². The Labute approximate surface area is 496 Å². The van der Waals surface area contributed by atoms with Crippen molar-refractivity contribution in [2.45, 2.75) is 98.4 Å². The first-order chi connectivity index (χ1) is 40.6. The van der Waals surface area contributed by atoms with Crippen molar-refractivity contribution in [2.75, 3.05) is 70.4 Å². The van der Waals surface area contributed by atoms with Crippen LogP contribution in [0.2, 0.25) is 0 Å². The predicted molar refractivity (Wildman–Crippen MR) is 337 cm³/mol. The van der Waals surface area contributed by atoms with E-state index >= 15 is 0 Å². The number of H-pyrrole nitrogens is 1. The van der Waals surface area contributed by atoms with E-state index in [1.54, 1.807) is 85.2 Å². The number of nitrogens with two attached hydrogens (primary N) is 2. The summed E-state index contributed by atoms with van der Waals surface area (Å²) in [5.41, 5.74) is 18.8. The zero-order chi connectivity index (χ0) is 60.8. The molecule has 0 aliphatic carbocycles. The highest BCUT2D eigenvalue weighted by Crippen LogP contribution is 2.21. The number of phenols is 1. The number of aliphatic hydroxyl groups excluding tert-OH is 3. The van der Waals surface area contributed by atoms with E-state index in [0.29, 0.717) is 103 Å². The van der Waals surface area contributed by atoms with Crippen LogP contribution in [0.1, 0.15) is 145 Å². The van der Waals surface area contributed by atoms with E-state index in [0.717, 1.165) is 66.9 Å². The number of nitrogens with one attached hydrogen (secondary N) is 1. The summed E-state index contributed by atoms with van der Waals surface area (Å²) in [6, 6.07) is 34.0. The topological polar surface area (TPSA) is 235 Å². The van der Waals surface area contributed by atoms with Crippen LogP contribution in [0.15, 0.2) is 134 Å². The normalized spacial score (nSPS) is 11.8. The number of aliphatic hydroxyl groups is 3. The second-order valence-electron chi connectivity index (χ2n) is 20.1. The highest BCUT2D eigenvalue weighted by atomic mass is 16.3. The number of para-hydroxylation sites is 1. The Hall–Kier alpha value is -8.43. The second kappa shape index (κ2) is 35.5. The number of Topliss-reactive ketones (excluding diaryl/α,β-unsaturated/α-hetero) is 3. The molecule has 0 saturated carbocycles. The number of ketones is 3. The van der Waals surface area contributed by atoms with E-state index in [1.807, 2.05) is 48.7 Å². The van der Waals surface area contributed by atoms with Crippen LogP contribution < -0.4 is 11.5 Å². The summed E-state index contributed by atoms with van der Waals surface area (Å²) in [4.78, 5) is 54.8. The number of likely N-dealkylation sites (N-methyl/N-ethyl adjacent to an activating group) is 3. The molecule has 9 N–H and O–H groups in total. The SMILES string of the molecule is CCN(CC)CC(O)CCC(=O)c1ccc(C#Cc2c(N)ncc3[nH]ccc23)cc1.CCN(CC)CC(O)CCC(=O)c1ccc(C#Cc2ccccc2O)cc1.CCN(CC)CC(O)CCC(=O)c1ccc(C#Cc2cccnc2N)cc1. The van der Waals surface area contributed by atoms with Crippen LogP contribution in [0.5, 0.6) is 5.75 Å². The number of benzene rings is 4. The fourth-order valence-corrected chi connectivity index (χ4v) is 8.85. The molecule has 0 aliphatic heterocycles. The summed E-state index contributed by atoms with van der Waals surface area (Å²) < 4.78 is 0. The average molecular weight is 1140 g/mol. The molecular weight excluding hydrogens is 1050 g/mol. The molecule has 7 rings (SSSR count). The highest BCUT2D eigenvalue weighted by Gasteiger charge is 2.16. The summed E-state index contributed by atoms with van der Waals surface area (Å²) in [5, 5.41) is 41.0. The first kappa shape index (κ1) is 66.4. The molecule has 3 atom stereocenters. The van der Waals surface area contributed by atoms with Gasteiger partial charge in [-0.3, -0.25) is 14.4 Å². The summed E-state index contributed by atoms with van der Waals surface area (Å²) >= 11 is 0. The van der Waals surface area contributed by atoms with Gasteiger partial charge < -0.3 is 51.6 Å². The van der Waals surface area contributed by atoms with Gasteiger partial charge in [-0.05, 0) is 125 Å². The molecule has 0 bridgehead atoms. The number of aromatic amines is 1. The van der Waals surface area contributed by atoms with Crippen molar-refractivity contribution < 1.29 is 34.8 Å². The fraction of sp³-hybridized carbons (Fsp3) is 0.348. The van der Waals surface area contributed by atoms with Crippen molar-refractivity contribution in [3.8, 4) is 41.3 Å². The monoisotopic (exact) mass is 1130 g/mol. The van der Waals surface area contributed by atoms with Crippen LogP contribution in [-0.4, -0.2) is 145 Å². The molecule has 15 nitrogen and oxygen atoms in total. The van der Waals surface area contributed by atoms with Gasteiger partial charge in [0.15, 0.2) is 17.3 Å². The van der Waals surface area contributed by atoms with Gasteiger partial charge in [0.05, 0.1) is 46.7 Å². The first-order valence-electron chi connectivity index (χ1n) is 28.9. The number of aromatic hydroxyl groups is 1. The van der Waals surface area contributed by atoms with E-state index in [-0.39, 0.29) is 23.1 Å². The lowest BCUT2D eigenvalue weighted by Gasteiger charge is -2.21. The Bertz CT molecular complexity index is 3230. The number of nitrogen functional groups attached to an aromatic ring is 2. The van der Waals surface area contributed by atoms with Gasteiger partial charge in [-0.1, -0.05) is 126 Å². The molecule has 0 fully saturated rings. The highest BCUT2D eigenvalue weighted by molar-refractivity contribution is 5.97. The number of phenolic OH excluding ortho intramolecular Hbond substituents is 1. The van der Waals surface area contributed by atoms with Crippen molar-refractivity contribution in [1.82, 2.24) is 29.7 Å². The van der Waals surface area contributed by atoms with Crippen LogP contribution in [0.25, 0.3) is 10.9 Å². The van der Waals surface area contributed by atoms with Crippen molar-refractivity contribution in [3.63, 3.8) is 0 Å². The Kier molecular flexibility index (Phi) is 28.1. The minimum atomic E-state index is -0.491. The van der Waals surface area contributed by atoms with Crippen molar-refractivity contribution in [1.29, 1.82) is 0 Å². The number of hydrogen-bond donors (Lipinski definition) is 7. The number of rotatable bonds is 24.